The Labute approximate surface area is 110 Å². The van der Waals surface area contributed by atoms with Crippen LogP contribution in [0.25, 0.3) is 11.1 Å². The molecule has 0 saturated carbocycles. The van der Waals surface area contributed by atoms with Crippen LogP contribution in [0.5, 0.6) is 0 Å². The van der Waals surface area contributed by atoms with E-state index in [0.717, 1.165) is 0 Å². The van der Waals surface area contributed by atoms with Gasteiger partial charge in [0, 0.05) is 11.1 Å². The molecule has 1 aliphatic rings. The largest absolute Gasteiger partial charge is 0.392 e. The second kappa shape index (κ2) is 4.16. The first kappa shape index (κ1) is 12.3. The molecule has 2 aromatic carbocycles. The third-order valence-electron chi connectivity index (χ3n) is 3.33. The van der Waals surface area contributed by atoms with Crippen LogP contribution >= 0.6 is 0 Å². The van der Waals surface area contributed by atoms with Crippen LogP contribution in [0.4, 0.5) is 0 Å². The monoisotopic (exact) mass is 276 g/mol. The molecule has 3 rings (SSSR count). The molecule has 2 aromatic rings. The topological polar surface area (TPSA) is 74.6 Å². The van der Waals surface area contributed by atoms with Crippen LogP contribution in [-0.2, 0) is 23.1 Å². The Kier molecular flexibility index (Phi) is 2.70. The van der Waals surface area contributed by atoms with Crippen LogP contribution in [0, 0.1) is 0 Å². The van der Waals surface area contributed by atoms with Crippen molar-refractivity contribution < 1.29 is 18.6 Å². The summed E-state index contributed by atoms with van der Waals surface area (Å²) in [7, 11) is -3.55. The SMILES string of the molecule is O=S1(=O)c2cc(CO)ccc2-c2ccc(CO)cc21. The lowest BCUT2D eigenvalue weighted by molar-refractivity contribution is 0.281. The lowest BCUT2D eigenvalue weighted by Gasteiger charge is -2.01. The average Bonchev–Trinajstić information content (AvgIpc) is 2.67. The molecule has 0 bridgehead atoms. The Hall–Kier alpha value is -1.69. The van der Waals surface area contributed by atoms with Gasteiger partial charge in [0.25, 0.3) is 0 Å². The van der Waals surface area contributed by atoms with E-state index in [1.54, 1.807) is 24.3 Å². The maximum absolute atomic E-state index is 12.4. The number of fused-ring (bicyclic) bond motifs is 3. The minimum absolute atomic E-state index is 0.193. The van der Waals surface area contributed by atoms with Crippen molar-refractivity contribution in [3.8, 4) is 11.1 Å². The molecule has 0 fully saturated rings. The molecule has 0 amide bonds. The summed E-state index contributed by atoms with van der Waals surface area (Å²) >= 11 is 0. The molecule has 0 aliphatic carbocycles. The lowest BCUT2D eigenvalue weighted by Crippen LogP contribution is -1.98. The van der Waals surface area contributed by atoms with E-state index in [4.69, 9.17) is 10.2 Å². The molecule has 98 valence electrons. The van der Waals surface area contributed by atoms with Gasteiger partial charge < -0.3 is 10.2 Å². The fourth-order valence-electron chi connectivity index (χ4n) is 2.34. The molecular weight excluding hydrogens is 264 g/mol. The normalized spacial score (nSPS) is 15.1. The summed E-state index contributed by atoms with van der Waals surface area (Å²) in [5, 5.41) is 18.2. The van der Waals surface area contributed by atoms with Crippen molar-refractivity contribution in [1.29, 1.82) is 0 Å². The van der Waals surface area contributed by atoms with Crippen LogP contribution in [0.15, 0.2) is 46.2 Å². The van der Waals surface area contributed by atoms with Crippen LogP contribution in [0.1, 0.15) is 11.1 Å². The van der Waals surface area contributed by atoms with Gasteiger partial charge in [0.05, 0.1) is 23.0 Å². The van der Waals surface area contributed by atoms with Gasteiger partial charge in [-0.1, -0.05) is 24.3 Å². The van der Waals surface area contributed by atoms with E-state index in [1.165, 1.54) is 12.1 Å². The van der Waals surface area contributed by atoms with E-state index in [0.29, 0.717) is 22.3 Å². The average molecular weight is 276 g/mol. The van der Waals surface area contributed by atoms with E-state index in [2.05, 4.69) is 0 Å². The van der Waals surface area contributed by atoms with Crippen LogP contribution in [-0.4, -0.2) is 18.6 Å². The van der Waals surface area contributed by atoms with Gasteiger partial charge >= 0.3 is 0 Å². The number of benzene rings is 2. The molecule has 0 aromatic heterocycles. The van der Waals surface area contributed by atoms with Crippen molar-refractivity contribution in [2.24, 2.45) is 0 Å². The molecule has 19 heavy (non-hydrogen) atoms. The zero-order chi connectivity index (χ0) is 13.6. The first-order valence-corrected chi connectivity index (χ1v) is 7.29. The van der Waals surface area contributed by atoms with Gasteiger partial charge in [-0.2, -0.15) is 0 Å². The predicted octanol–water partition coefficient (Wildman–Crippen LogP) is 1.48. The van der Waals surface area contributed by atoms with E-state index < -0.39 is 9.84 Å². The van der Waals surface area contributed by atoms with Crippen molar-refractivity contribution in [2.75, 3.05) is 0 Å². The number of aliphatic hydroxyl groups is 2. The Morgan fingerprint density at radius 2 is 1.21 bits per heavy atom. The zero-order valence-corrected chi connectivity index (χ0v) is 10.8. The number of rotatable bonds is 2. The second-order valence-electron chi connectivity index (χ2n) is 4.48. The summed E-state index contributed by atoms with van der Waals surface area (Å²) in [6.45, 7) is -0.387. The first-order valence-electron chi connectivity index (χ1n) is 5.81. The Balaban J connectivity index is 2.32. The maximum Gasteiger partial charge on any atom is 0.207 e. The smallest absolute Gasteiger partial charge is 0.207 e. The summed E-state index contributed by atoms with van der Waals surface area (Å²) in [4.78, 5) is 0.452. The summed E-state index contributed by atoms with van der Waals surface area (Å²) in [6, 6.07) is 9.85. The minimum Gasteiger partial charge on any atom is -0.392 e. The summed E-state index contributed by atoms with van der Waals surface area (Å²) in [6.07, 6.45) is 0. The molecule has 0 radical (unpaired) electrons. The van der Waals surface area contributed by atoms with E-state index in [1.807, 2.05) is 0 Å². The summed E-state index contributed by atoms with van der Waals surface area (Å²) in [5.41, 5.74) is 2.43. The standard InChI is InChI=1S/C14H12O4S/c15-7-9-1-3-11-12-4-2-10(8-16)6-14(12)19(17,18)13(11)5-9/h1-6,15-16H,7-8H2. The summed E-state index contributed by atoms with van der Waals surface area (Å²) < 4.78 is 24.9. The molecule has 1 heterocycles. The lowest BCUT2D eigenvalue weighted by atomic mass is 10.0. The molecule has 2 N–H and O–H groups in total. The molecule has 0 atom stereocenters. The molecule has 0 unspecified atom stereocenters. The predicted molar refractivity (Wildman–Crippen MR) is 69.2 cm³/mol. The highest BCUT2D eigenvalue weighted by molar-refractivity contribution is 7.92. The van der Waals surface area contributed by atoms with Gasteiger partial charge in [-0.3, -0.25) is 0 Å². The highest BCUT2D eigenvalue weighted by Crippen LogP contribution is 2.43. The van der Waals surface area contributed by atoms with Gasteiger partial charge in [-0.25, -0.2) is 8.42 Å². The Bertz CT molecular complexity index is 704. The van der Waals surface area contributed by atoms with E-state index in [9.17, 15) is 8.42 Å². The first-order chi connectivity index (χ1) is 9.07. The maximum atomic E-state index is 12.4. The number of hydrogen-bond acceptors (Lipinski definition) is 4. The molecule has 1 aliphatic heterocycles. The molecule has 5 heteroatoms. The third-order valence-corrected chi connectivity index (χ3v) is 5.16. The fraction of sp³-hybridized carbons (Fsp3) is 0.143. The quantitative estimate of drug-likeness (QED) is 0.743. The Morgan fingerprint density at radius 3 is 1.58 bits per heavy atom. The Morgan fingerprint density at radius 1 is 0.789 bits per heavy atom. The van der Waals surface area contributed by atoms with Crippen molar-refractivity contribution in [3.63, 3.8) is 0 Å². The van der Waals surface area contributed by atoms with Gasteiger partial charge in [0.1, 0.15) is 0 Å². The molecular formula is C14H12O4S. The highest BCUT2D eigenvalue weighted by Gasteiger charge is 2.33. The van der Waals surface area contributed by atoms with Crippen LogP contribution in [0.2, 0.25) is 0 Å². The molecule has 4 nitrogen and oxygen atoms in total. The van der Waals surface area contributed by atoms with Crippen LogP contribution < -0.4 is 0 Å². The van der Waals surface area contributed by atoms with Crippen LogP contribution in [0.3, 0.4) is 0 Å². The van der Waals surface area contributed by atoms with Crippen molar-refractivity contribution in [1.82, 2.24) is 0 Å². The minimum atomic E-state index is -3.55. The number of sulfone groups is 1. The van der Waals surface area contributed by atoms with Crippen molar-refractivity contribution in [3.05, 3.63) is 47.5 Å². The van der Waals surface area contributed by atoms with Gasteiger partial charge in [0.15, 0.2) is 0 Å². The molecule has 0 spiro atoms. The number of hydrogen-bond donors (Lipinski definition) is 2. The van der Waals surface area contributed by atoms with Gasteiger partial charge in [-0.15, -0.1) is 0 Å². The summed E-state index contributed by atoms with van der Waals surface area (Å²) in [5.74, 6) is 0. The van der Waals surface area contributed by atoms with E-state index >= 15 is 0 Å². The second-order valence-corrected chi connectivity index (χ2v) is 6.37. The van der Waals surface area contributed by atoms with Gasteiger partial charge in [-0.05, 0) is 23.3 Å². The van der Waals surface area contributed by atoms with E-state index in [-0.39, 0.29) is 23.0 Å². The highest BCUT2D eigenvalue weighted by atomic mass is 32.2. The zero-order valence-electron chi connectivity index (χ0n) is 10.00. The third kappa shape index (κ3) is 1.70. The van der Waals surface area contributed by atoms with Crippen molar-refractivity contribution >= 4 is 9.84 Å². The fourth-order valence-corrected chi connectivity index (χ4v) is 4.12. The van der Waals surface area contributed by atoms with Crippen molar-refractivity contribution in [2.45, 2.75) is 23.0 Å². The van der Waals surface area contributed by atoms with Gasteiger partial charge in [0.2, 0.25) is 9.84 Å². The molecule has 0 saturated heterocycles. The number of aliphatic hydroxyl groups excluding tert-OH is 2.